The van der Waals surface area contributed by atoms with E-state index in [9.17, 15) is 19.8 Å². The molecule has 0 fully saturated rings. The van der Waals surface area contributed by atoms with Gasteiger partial charge in [0.05, 0.1) is 18.6 Å². The van der Waals surface area contributed by atoms with Crippen LogP contribution < -0.4 is 5.32 Å². The predicted molar refractivity (Wildman–Crippen MR) is 116 cm³/mol. The Balaban J connectivity index is 1.96. The summed E-state index contributed by atoms with van der Waals surface area (Å²) in [6, 6.07) is 18.6. The van der Waals surface area contributed by atoms with Crippen LogP contribution in [-0.2, 0) is 16.1 Å². The van der Waals surface area contributed by atoms with E-state index in [4.69, 9.17) is 0 Å². The third kappa shape index (κ3) is 7.46. The van der Waals surface area contributed by atoms with Crippen molar-refractivity contribution in [3.63, 3.8) is 0 Å². The van der Waals surface area contributed by atoms with Crippen LogP contribution in [-0.4, -0.2) is 46.6 Å². The van der Waals surface area contributed by atoms with Gasteiger partial charge in [-0.25, -0.2) is 0 Å². The average Bonchev–Trinajstić information content (AvgIpc) is 2.78. The number of nitrogens with zero attached hydrogens (tertiary/aromatic N) is 1. The van der Waals surface area contributed by atoms with E-state index < -0.39 is 12.0 Å². The van der Waals surface area contributed by atoms with E-state index >= 15 is 0 Å². The van der Waals surface area contributed by atoms with Gasteiger partial charge in [0.2, 0.25) is 11.8 Å². The number of aliphatic hydroxyl groups is 2. The first-order valence-corrected chi connectivity index (χ1v) is 10.1. The average molecular weight is 411 g/mol. The highest BCUT2D eigenvalue weighted by Crippen LogP contribution is 2.16. The first kappa shape index (κ1) is 23.3. The van der Waals surface area contributed by atoms with E-state index in [-0.39, 0.29) is 37.9 Å². The second-order valence-electron chi connectivity index (χ2n) is 7.12. The predicted octanol–water partition coefficient (Wildman–Crippen LogP) is 2.44. The van der Waals surface area contributed by atoms with Gasteiger partial charge in [-0.2, -0.15) is 0 Å². The molecule has 0 heterocycles. The fraction of sp³-hybridized carbons (Fsp3) is 0.333. The molecule has 0 radical (unpaired) electrons. The molecule has 0 aromatic heterocycles. The molecular weight excluding hydrogens is 380 g/mol. The molecule has 2 amide bonds. The molecule has 2 aromatic rings. The largest absolute Gasteiger partial charge is 0.395 e. The Morgan fingerprint density at radius 3 is 2.30 bits per heavy atom. The zero-order valence-electron chi connectivity index (χ0n) is 17.1. The molecular formula is C24H30N2O4. The number of benzene rings is 2. The Hall–Kier alpha value is -2.96. The number of hydrogen-bond donors (Lipinski definition) is 3. The summed E-state index contributed by atoms with van der Waals surface area (Å²) in [5.74, 6) is -1.10. The van der Waals surface area contributed by atoms with Crippen molar-refractivity contribution in [1.29, 1.82) is 0 Å². The van der Waals surface area contributed by atoms with Crippen LogP contribution >= 0.6 is 0 Å². The molecule has 0 saturated heterocycles. The van der Waals surface area contributed by atoms with Gasteiger partial charge in [0.1, 0.15) is 0 Å². The number of carbonyl (C=O) groups excluding carboxylic acids is 2. The van der Waals surface area contributed by atoms with Crippen LogP contribution in [0.3, 0.4) is 0 Å². The quantitative estimate of drug-likeness (QED) is 0.469. The maximum absolute atomic E-state index is 12.8. The summed E-state index contributed by atoms with van der Waals surface area (Å²) in [6.45, 7) is 4.17. The third-order valence-corrected chi connectivity index (χ3v) is 4.84. The van der Waals surface area contributed by atoms with Gasteiger partial charge < -0.3 is 20.4 Å². The molecule has 6 heteroatoms. The molecule has 2 aromatic carbocycles. The summed E-state index contributed by atoms with van der Waals surface area (Å²) in [4.78, 5) is 27.0. The van der Waals surface area contributed by atoms with Crippen LogP contribution in [0.2, 0.25) is 0 Å². The lowest BCUT2D eigenvalue weighted by Crippen LogP contribution is -2.39. The number of hydrogen-bond acceptors (Lipinski definition) is 4. The van der Waals surface area contributed by atoms with Crippen molar-refractivity contribution in [1.82, 2.24) is 10.2 Å². The van der Waals surface area contributed by atoms with Crippen LogP contribution in [0.1, 0.15) is 30.1 Å². The topological polar surface area (TPSA) is 89.9 Å². The lowest BCUT2D eigenvalue weighted by atomic mass is 9.99. The Labute approximate surface area is 177 Å². The zero-order valence-corrected chi connectivity index (χ0v) is 17.1. The molecule has 0 aliphatic heterocycles. The molecule has 0 saturated carbocycles. The van der Waals surface area contributed by atoms with E-state index in [0.717, 1.165) is 5.56 Å². The smallest absolute Gasteiger partial charge is 0.224 e. The Morgan fingerprint density at radius 1 is 1.07 bits per heavy atom. The number of aliphatic hydroxyl groups excluding tert-OH is 2. The Bertz CT molecular complexity index is 795. The highest BCUT2D eigenvalue weighted by molar-refractivity contribution is 5.86. The number of carbonyl (C=O) groups is 2. The van der Waals surface area contributed by atoms with Crippen LogP contribution in [0.25, 0.3) is 0 Å². The van der Waals surface area contributed by atoms with Crippen LogP contribution in [0.15, 0.2) is 73.3 Å². The first-order valence-electron chi connectivity index (χ1n) is 10.1. The molecule has 0 aliphatic carbocycles. The lowest BCUT2D eigenvalue weighted by Gasteiger charge is -2.24. The summed E-state index contributed by atoms with van der Waals surface area (Å²) < 4.78 is 0. The van der Waals surface area contributed by atoms with Crippen molar-refractivity contribution in [2.45, 2.75) is 25.5 Å². The van der Waals surface area contributed by atoms with Crippen molar-refractivity contribution < 1.29 is 19.8 Å². The van der Waals surface area contributed by atoms with Crippen molar-refractivity contribution in [2.24, 2.45) is 5.92 Å². The van der Waals surface area contributed by atoms with Gasteiger partial charge in [0.25, 0.3) is 0 Å². The summed E-state index contributed by atoms with van der Waals surface area (Å²) in [6.07, 6.45) is 1.14. The van der Waals surface area contributed by atoms with Gasteiger partial charge in [-0.1, -0.05) is 66.7 Å². The summed E-state index contributed by atoms with van der Waals surface area (Å²) >= 11 is 0. The van der Waals surface area contributed by atoms with Crippen molar-refractivity contribution in [3.8, 4) is 0 Å². The monoisotopic (exact) mass is 410 g/mol. The van der Waals surface area contributed by atoms with Crippen LogP contribution in [0, 0.1) is 5.92 Å². The molecule has 2 atom stereocenters. The van der Waals surface area contributed by atoms with E-state index in [0.29, 0.717) is 18.5 Å². The van der Waals surface area contributed by atoms with E-state index in [2.05, 4.69) is 11.9 Å². The minimum atomic E-state index is -0.820. The second-order valence-corrected chi connectivity index (χ2v) is 7.12. The summed E-state index contributed by atoms with van der Waals surface area (Å²) in [5.41, 5.74) is 1.67. The molecule has 0 unspecified atom stereocenters. The fourth-order valence-electron chi connectivity index (χ4n) is 3.18. The minimum Gasteiger partial charge on any atom is -0.395 e. The Morgan fingerprint density at radius 2 is 1.70 bits per heavy atom. The highest BCUT2D eigenvalue weighted by atomic mass is 16.3. The maximum Gasteiger partial charge on any atom is 0.224 e. The Kier molecular flexibility index (Phi) is 9.77. The molecule has 0 aliphatic rings. The van der Waals surface area contributed by atoms with Gasteiger partial charge in [0.15, 0.2) is 0 Å². The lowest BCUT2D eigenvalue weighted by molar-refractivity contribution is -0.137. The van der Waals surface area contributed by atoms with Gasteiger partial charge in [-0.3, -0.25) is 9.59 Å². The highest BCUT2D eigenvalue weighted by Gasteiger charge is 2.24. The van der Waals surface area contributed by atoms with Gasteiger partial charge >= 0.3 is 0 Å². The summed E-state index contributed by atoms with van der Waals surface area (Å²) in [7, 11) is 0. The number of amides is 2. The number of rotatable bonds is 12. The van der Waals surface area contributed by atoms with Gasteiger partial charge in [-0.05, 0) is 17.5 Å². The van der Waals surface area contributed by atoms with E-state index in [1.54, 1.807) is 23.1 Å². The number of allylic oxidation sites excluding steroid dienone is 1. The molecule has 160 valence electrons. The second kappa shape index (κ2) is 12.6. The van der Waals surface area contributed by atoms with E-state index in [1.165, 1.54) is 0 Å². The molecule has 0 spiro atoms. The normalized spacial score (nSPS) is 12.6. The van der Waals surface area contributed by atoms with Crippen molar-refractivity contribution in [3.05, 3.63) is 84.4 Å². The molecule has 6 nitrogen and oxygen atoms in total. The van der Waals surface area contributed by atoms with Crippen molar-refractivity contribution >= 4 is 11.8 Å². The summed E-state index contributed by atoms with van der Waals surface area (Å²) in [5, 5.41) is 22.3. The molecule has 3 N–H and O–H groups in total. The molecule has 30 heavy (non-hydrogen) atoms. The SMILES string of the molecule is C=CC[C@H](CC(=O)N(CCO)Cc1ccccc1)C(=O)NC[C@@H](O)c1ccccc1. The third-order valence-electron chi connectivity index (χ3n) is 4.84. The number of nitrogens with one attached hydrogen (secondary N) is 1. The molecule has 2 rings (SSSR count). The molecule has 0 bridgehead atoms. The van der Waals surface area contributed by atoms with E-state index in [1.807, 2.05) is 48.5 Å². The first-order chi connectivity index (χ1) is 14.5. The van der Waals surface area contributed by atoms with Gasteiger partial charge in [-0.15, -0.1) is 6.58 Å². The maximum atomic E-state index is 12.8. The fourth-order valence-corrected chi connectivity index (χ4v) is 3.18. The zero-order chi connectivity index (χ0) is 21.8. The van der Waals surface area contributed by atoms with Crippen LogP contribution in [0.4, 0.5) is 0 Å². The van der Waals surface area contributed by atoms with Crippen LogP contribution in [0.5, 0.6) is 0 Å². The minimum absolute atomic E-state index is 0.00607. The van der Waals surface area contributed by atoms with Crippen molar-refractivity contribution in [2.75, 3.05) is 19.7 Å². The van der Waals surface area contributed by atoms with Gasteiger partial charge in [0, 0.05) is 26.1 Å². The standard InChI is InChI=1S/C24H30N2O4/c1-2-9-21(24(30)25-17-22(28)20-12-7-4-8-13-20)16-23(29)26(14-15-27)18-19-10-5-3-6-11-19/h2-8,10-13,21-22,27-28H,1,9,14-18H2,(H,25,30)/t21-,22-/m1/s1.